The molecule has 4 heteroatoms. The van der Waals surface area contributed by atoms with E-state index in [1.807, 2.05) is 23.6 Å². The molecule has 0 unspecified atom stereocenters. The van der Waals surface area contributed by atoms with Crippen LogP contribution < -0.4 is 4.74 Å². The van der Waals surface area contributed by atoms with Gasteiger partial charge in [0, 0.05) is 17.0 Å². The number of ether oxygens (including phenoxy) is 1. The molecule has 3 nitrogen and oxygen atoms in total. The third kappa shape index (κ3) is 2.05. The lowest BCUT2D eigenvalue weighted by molar-refractivity contribution is 0.112. The smallest absolute Gasteiger partial charge is 0.213 e. The van der Waals surface area contributed by atoms with Crippen molar-refractivity contribution in [3.63, 3.8) is 0 Å². The minimum Gasteiger partial charge on any atom is -0.481 e. The second-order valence-corrected chi connectivity index (χ2v) is 3.86. The Morgan fingerprint density at radius 2 is 2.33 bits per heavy atom. The molecule has 0 N–H and O–H groups in total. The van der Waals surface area contributed by atoms with Crippen LogP contribution in [0, 0.1) is 0 Å². The summed E-state index contributed by atoms with van der Waals surface area (Å²) >= 11 is 1.41. The topological polar surface area (TPSA) is 39.2 Å². The zero-order valence-corrected chi connectivity index (χ0v) is 8.95. The maximum Gasteiger partial charge on any atom is 0.213 e. The molecular formula is C11H9NO2S. The van der Waals surface area contributed by atoms with Crippen molar-refractivity contribution in [2.75, 3.05) is 7.11 Å². The van der Waals surface area contributed by atoms with Crippen molar-refractivity contribution in [2.24, 2.45) is 0 Å². The van der Waals surface area contributed by atoms with E-state index < -0.39 is 0 Å². The molecule has 0 aliphatic carbocycles. The number of methoxy groups -OCH3 is 1. The molecule has 0 bridgehead atoms. The number of hydrogen-bond donors (Lipinski definition) is 0. The normalized spacial score (nSPS) is 9.93. The first-order valence-electron chi connectivity index (χ1n) is 4.38. The summed E-state index contributed by atoms with van der Waals surface area (Å²) in [5, 5.41) is 1.91. The SMILES string of the molecule is COc1cccc(-c2csc(C=O)c2)n1. The van der Waals surface area contributed by atoms with Crippen molar-refractivity contribution >= 4 is 17.6 Å². The first-order valence-corrected chi connectivity index (χ1v) is 5.26. The van der Waals surface area contributed by atoms with E-state index in [1.165, 1.54) is 11.3 Å². The van der Waals surface area contributed by atoms with Crippen LogP contribution in [0.5, 0.6) is 5.88 Å². The molecule has 0 amide bonds. The number of nitrogens with zero attached hydrogens (tertiary/aromatic N) is 1. The third-order valence-electron chi connectivity index (χ3n) is 1.96. The highest BCUT2D eigenvalue weighted by Crippen LogP contribution is 2.24. The van der Waals surface area contributed by atoms with Crippen molar-refractivity contribution in [3.8, 4) is 17.1 Å². The van der Waals surface area contributed by atoms with Crippen LogP contribution in [0.25, 0.3) is 11.3 Å². The van der Waals surface area contributed by atoms with E-state index in [2.05, 4.69) is 4.98 Å². The van der Waals surface area contributed by atoms with Gasteiger partial charge >= 0.3 is 0 Å². The lowest BCUT2D eigenvalue weighted by Gasteiger charge is -2.00. The average Bonchev–Trinajstić information content (AvgIpc) is 2.78. The van der Waals surface area contributed by atoms with E-state index in [0.717, 1.165) is 17.5 Å². The Hall–Kier alpha value is -1.68. The molecule has 76 valence electrons. The summed E-state index contributed by atoms with van der Waals surface area (Å²) in [4.78, 5) is 15.5. The molecule has 0 aliphatic rings. The largest absolute Gasteiger partial charge is 0.481 e. The van der Waals surface area contributed by atoms with Gasteiger partial charge in [-0.15, -0.1) is 11.3 Å². The Morgan fingerprint density at radius 3 is 3.00 bits per heavy atom. The highest BCUT2D eigenvalue weighted by atomic mass is 32.1. The van der Waals surface area contributed by atoms with Crippen LogP contribution in [0.2, 0.25) is 0 Å². The van der Waals surface area contributed by atoms with Gasteiger partial charge in [-0.05, 0) is 12.1 Å². The Bertz CT molecular complexity index is 479. The van der Waals surface area contributed by atoms with Gasteiger partial charge in [0.05, 0.1) is 17.7 Å². The number of pyridine rings is 1. The van der Waals surface area contributed by atoms with Gasteiger partial charge < -0.3 is 4.74 Å². The molecule has 15 heavy (non-hydrogen) atoms. The van der Waals surface area contributed by atoms with Crippen molar-refractivity contribution in [3.05, 3.63) is 34.5 Å². The zero-order chi connectivity index (χ0) is 10.7. The van der Waals surface area contributed by atoms with E-state index in [4.69, 9.17) is 4.74 Å². The van der Waals surface area contributed by atoms with E-state index in [9.17, 15) is 4.79 Å². The molecule has 0 fully saturated rings. The molecular weight excluding hydrogens is 210 g/mol. The molecule has 0 spiro atoms. The Balaban J connectivity index is 2.39. The molecule has 0 saturated heterocycles. The van der Waals surface area contributed by atoms with Gasteiger partial charge in [0.25, 0.3) is 0 Å². The molecule has 0 aliphatic heterocycles. The van der Waals surface area contributed by atoms with Gasteiger partial charge in [-0.3, -0.25) is 4.79 Å². The number of aromatic nitrogens is 1. The number of rotatable bonds is 3. The number of carbonyl (C=O) groups excluding carboxylic acids is 1. The van der Waals surface area contributed by atoms with Gasteiger partial charge in [0.15, 0.2) is 6.29 Å². The molecule has 0 radical (unpaired) electrons. The fraction of sp³-hybridized carbons (Fsp3) is 0.0909. The summed E-state index contributed by atoms with van der Waals surface area (Å²) in [6.07, 6.45) is 0.842. The Kier molecular flexibility index (Phi) is 2.78. The standard InChI is InChI=1S/C11H9NO2S/c1-14-11-4-2-3-10(12-11)8-5-9(6-13)15-7-8/h2-7H,1H3. The minimum atomic E-state index is 0.575. The molecule has 2 heterocycles. The fourth-order valence-electron chi connectivity index (χ4n) is 1.24. The van der Waals surface area contributed by atoms with Crippen LogP contribution >= 0.6 is 11.3 Å². The molecule has 0 aromatic carbocycles. The lowest BCUT2D eigenvalue weighted by atomic mass is 10.2. The first kappa shape index (κ1) is 9.86. The van der Waals surface area contributed by atoms with Gasteiger partial charge in [-0.2, -0.15) is 0 Å². The van der Waals surface area contributed by atoms with E-state index in [0.29, 0.717) is 10.8 Å². The van der Waals surface area contributed by atoms with Gasteiger partial charge in [-0.25, -0.2) is 4.98 Å². The van der Waals surface area contributed by atoms with Crippen LogP contribution in [0.1, 0.15) is 9.67 Å². The van der Waals surface area contributed by atoms with Gasteiger partial charge in [0.2, 0.25) is 5.88 Å². The maximum atomic E-state index is 10.5. The first-order chi connectivity index (χ1) is 7.33. The van der Waals surface area contributed by atoms with E-state index in [1.54, 1.807) is 13.2 Å². The number of thiophene rings is 1. The van der Waals surface area contributed by atoms with Crippen molar-refractivity contribution in [2.45, 2.75) is 0 Å². The molecule has 2 aromatic heterocycles. The number of aldehydes is 1. The highest BCUT2D eigenvalue weighted by Gasteiger charge is 2.04. The molecule has 0 saturated carbocycles. The van der Waals surface area contributed by atoms with E-state index >= 15 is 0 Å². The monoisotopic (exact) mass is 219 g/mol. The predicted molar refractivity (Wildman–Crippen MR) is 59.5 cm³/mol. The van der Waals surface area contributed by atoms with Crippen molar-refractivity contribution in [1.82, 2.24) is 4.98 Å². The van der Waals surface area contributed by atoms with Crippen LogP contribution in [-0.2, 0) is 0 Å². The summed E-state index contributed by atoms with van der Waals surface area (Å²) in [5.41, 5.74) is 1.76. The summed E-state index contributed by atoms with van der Waals surface area (Å²) < 4.78 is 5.03. The van der Waals surface area contributed by atoms with Gasteiger partial charge in [0.1, 0.15) is 0 Å². The lowest BCUT2D eigenvalue weighted by Crippen LogP contribution is -1.88. The average molecular weight is 219 g/mol. The molecule has 2 rings (SSSR count). The fourth-order valence-corrected chi connectivity index (χ4v) is 1.94. The van der Waals surface area contributed by atoms with Crippen molar-refractivity contribution in [1.29, 1.82) is 0 Å². The van der Waals surface area contributed by atoms with Crippen LogP contribution in [0.4, 0.5) is 0 Å². The number of carbonyl (C=O) groups is 1. The minimum absolute atomic E-state index is 0.575. The van der Waals surface area contributed by atoms with Crippen LogP contribution in [-0.4, -0.2) is 18.4 Å². The Morgan fingerprint density at radius 1 is 1.47 bits per heavy atom. The highest BCUT2D eigenvalue weighted by molar-refractivity contribution is 7.12. The van der Waals surface area contributed by atoms with Crippen LogP contribution in [0.3, 0.4) is 0 Å². The second kappa shape index (κ2) is 4.23. The van der Waals surface area contributed by atoms with Crippen LogP contribution in [0.15, 0.2) is 29.6 Å². The summed E-state index contributed by atoms with van der Waals surface area (Å²) in [7, 11) is 1.58. The number of hydrogen-bond acceptors (Lipinski definition) is 4. The summed E-state index contributed by atoms with van der Waals surface area (Å²) in [6, 6.07) is 7.37. The van der Waals surface area contributed by atoms with Gasteiger partial charge in [-0.1, -0.05) is 6.07 Å². The Labute approximate surface area is 91.4 Å². The molecule has 2 aromatic rings. The summed E-state index contributed by atoms with van der Waals surface area (Å²) in [5.74, 6) is 0.575. The maximum absolute atomic E-state index is 10.5. The quantitative estimate of drug-likeness (QED) is 0.745. The summed E-state index contributed by atoms with van der Waals surface area (Å²) in [6.45, 7) is 0. The zero-order valence-electron chi connectivity index (χ0n) is 8.14. The molecule has 0 atom stereocenters. The second-order valence-electron chi connectivity index (χ2n) is 2.92. The van der Waals surface area contributed by atoms with E-state index in [-0.39, 0.29) is 0 Å². The van der Waals surface area contributed by atoms with Crippen molar-refractivity contribution < 1.29 is 9.53 Å². The third-order valence-corrected chi connectivity index (χ3v) is 2.82. The predicted octanol–water partition coefficient (Wildman–Crippen LogP) is 2.63.